The van der Waals surface area contributed by atoms with Crippen LogP contribution in [-0.4, -0.2) is 22.2 Å². The number of halogens is 2. The lowest BCUT2D eigenvalue weighted by Gasteiger charge is -1.97. The molecular weight excluding hydrogens is 175 g/mol. The maximum absolute atomic E-state index is 5.54. The summed E-state index contributed by atoms with van der Waals surface area (Å²) in [4.78, 5) is 3.74. The Morgan fingerprint density at radius 2 is 2.00 bits per heavy atom. The largest absolute Gasteiger partial charge is 0.370 e. The van der Waals surface area contributed by atoms with Gasteiger partial charge in [-0.25, -0.2) is 0 Å². The molecular formula is C4H4Cl2N4. The Morgan fingerprint density at radius 1 is 1.30 bits per heavy atom. The molecule has 0 unspecified atom stereocenters. The lowest BCUT2D eigenvalue weighted by molar-refractivity contribution is 0.972. The van der Waals surface area contributed by atoms with Gasteiger partial charge in [-0.3, -0.25) is 0 Å². The van der Waals surface area contributed by atoms with Crippen molar-refractivity contribution in [1.82, 2.24) is 15.2 Å². The molecule has 1 N–H and O–H groups in total. The summed E-state index contributed by atoms with van der Waals surface area (Å²) >= 11 is 11.0. The summed E-state index contributed by atoms with van der Waals surface area (Å²) in [6, 6.07) is 0. The van der Waals surface area contributed by atoms with E-state index in [0.717, 1.165) is 0 Å². The van der Waals surface area contributed by atoms with Crippen LogP contribution in [0.3, 0.4) is 0 Å². The summed E-state index contributed by atoms with van der Waals surface area (Å²) in [7, 11) is 1.67. The second-order valence-electron chi connectivity index (χ2n) is 1.47. The standard InChI is InChI=1S/C4H4Cl2N4/c1-7-3-2(5)9-10-4(6)8-3/h1H3,(H,7,8,10). The van der Waals surface area contributed by atoms with Crippen molar-refractivity contribution in [1.29, 1.82) is 0 Å². The van der Waals surface area contributed by atoms with Gasteiger partial charge < -0.3 is 5.32 Å². The zero-order chi connectivity index (χ0) is 7.56. The lowest BCUT2D eigenvalue weighted by atomic mass is 10.7. The third kappa shape index (κ3) is 1.46. The van der Waals surface area contributed by atoms with Gasteiger partial charge in [-0.2, -0.15) is 4.98 Å². The molecule has 6 heteroatoms. The van der Waals surface area contributed by atoms with Crippen LogP contribution < -0.4 is 5.32 Å². The number of anilines is 1. The SMILES string of the molecule is CNc1nc(Cl)nnc1Cl. The second-order valence-corrected chi connectivity index (χ2v) is 2.17. The van der Waals surface area contributed by atoms with E-state index in [1.165, 1.54) is 0 Å². The van der Waals surface area contributed by atoms with Gasteiger partial charge in [-0.1, -0.05) is 11.6 Å². The monoisotopic (exact) mass is 178 g/mol. The van der Waals surface area contributed by atoms with Gasteiger partial charge in [0.2, 0.25) is 5.28 Å². The first-order chi connectivity index (χ1) is 4.74. The van der Waals surface area contributed by atoms with E-state index in [1.54, 1.807) is 7.05 Å². The average Bonchev–Trinajstić information content (AvgIpc) is 1.94. The minimum atomic E-state index is 0.0775. The first-order valence-electron chi connectivity index (χ1n) is 2.47. The maximum atomic E-state index is 5.54. The Balaban J connectivity index is 3.09. The summed E-state index contributed by atoms with van der Waals surface area (Å²) in [6.07, 6.45) is 0. The molecule has 0 saturated carbocycles. The van der Waals surface area contributed by atoms with E-state index in [9.17, 15) is 0 Å². The molecule has 0 spiro atoms. The summed E-state index contributed by atoms with van der Waals surface area (Å²) in [5.74, 6) is 0.432. The van der Waals surface area contributed by atoms with Crippen LogP contribution in [0.25, 0.3) is 0 Å². The van der Waals surface area contributed by atoms with Gasteiger partial charge in [0.05, 0.1) is 0 Å². The Labute approximate surface area is 67.6 Å². The normalized spacial score (nSPS) is 9.50. The van der Waals surface area contributed by atoms with Gasteiger partial charge in [0.25, 0.3) is 0 Å². The number of aromatic nitrogens is 3. The predicted octanol–water partition coefficient (Wildman–Crippen LogP) is 1.22. The molecule has 0 bridgehead atoms. The van der Waals surface area contributed by atoms with Crippen molar-refractivity contribution in [2.45, 2.75) is 0 Å². The van der Waals surface area contributed by atoms with Crippen LogP contribution in [0.5, 0.6) is 0 Å². The van der Waals surface area contributed by atoms with Crippen LogP contribution in [0.15, 0.2) is 0 Å². The highest BCUT2D eigenvalue weighted by Gasteiger charge is 2.01. The second kappa shape index (κ2) is 2.98. The van der Waals surface area contributed by atoms with Gasteiger partial charge in [0.15, 0.2) is 11.0 Å². The molecule has 0 aliphatic rings. The summed E-state index contributed by atoms with van der Waals surface area (Å²) in [6.45, 7) is 0. The van der Waals surface area contributed by atoms with E-state index < -0.39 is 0 Å². The van der Waals surface area contributed by atoms with Gasteiger partial charge >= 0.3 is 0 Å². The van der Waals surface area contributed by atoms with Crippen LogP contribution in [0.1, 0.15) is 0 Å². The van der Waals surface area contributed by atoms with Crippen molar-refractivity contribution in [3.05, 3.63) is 10.4 Å². The first-order valence-corrected chi connectivity index (χ1v) is 3.23. The van der Waals surface area contributed by atoms with Gasteiger partial charge in [0.1, 0.15) is 0 Å². The summed E-state index contributed by atoms with van der Waals surface area (Å²) in [5.41, 5.74) is 0. The van der Waals surface area contributed by atoms with Crippen molar-refractivity contribution >= 4 is 29.0 Å². The van der Waals surface area contributed by atoms with Crippen molar-refractivity contribution in [3.8, 4) is 0 Å². The molecule has 0 amide bonds. The molecule has 0 atom stereocenters. The van der Waals surface area contributed by atoms with Crippen molar-refractivity contribution in [3.63, 3.8) is 0 Å². The minimum Gasteiger partial charge on any atom is -0.370 e. The van der Waals surface area contributed by atoms with E-state index in [0.29, 0.717) is 5.82 Å². The molecule has 1 aromatic heterocycles. The number of hydrogen-bond acceptors (Lipinski definition) is 4. The minimum absolute atomic E-state index is 0.0775. The van der Waals surface area contributed by atoms with Crippen molar-refractivity contribution < 1.29 is 0 Å². The lowest BCUT2D eigenvalue weighted by Crippen LogP contribution is -1.97. The summed E-state index contributed by atoms with van der Waals surface area (Å²) in [5, 5.41) is 9.93. The molecule has 0 radical (unpaired) electrons. The van der Waals surface area contributed by atoms with Crippen LogP contribution in [0.2, 0.25) is 10.4 Å². The van der Waals surface area contributed by atoms with E-state index in [1.807, 2.05) is 0 Å². The van der Waals surface area contributed by atoms with E-state index >= 15 is 0 Å². The highest BCUT2D eigenvalue weighted by Crippen LogP contribution is 2.14. The maximum Gasteiger partial charge on any atom is 0.245 e. The molecule has 0 aromatic carbocycles. The third-order valence-electron chi connectivity index (χ3n) is 0.857. The molecule has 1 aromatic rings. The first kappa shape index (κ1) is 7.50. The summed E-state index contributed by atoms with van der Waals surface area (Å²) < 4.78 is 0. The quantitative estimate of drug-likeness (QED) is 0.703. The van der Waals surface area contributed by atoms with Crippen LogP contribution in [-0.2, 0) is 0 Å². The van der Waals surface area contributed by atoms with Crippen molar-refractivity contribution in [2.24, 2.45) is 0 Å². The fourth-order valence-corrected chi connectivity index (χ4v) is 0.749. The molecule has 1 rings (SSSR count). The zero-order valence-corrected chi connectivity index (χ0v) is 6.61. The third-order valence-corrected chi connectivity index (χ3v) is 1.27. The van der Waals surface area contributed by atoms with Crippen molar-refractivity contribution in [2.75, 3.05) is 12.4 Å². The Hall–Kier alpha value is -0.610. The molecule has 54 valence electrons. The Bertz CT molecular complexity index is 239. The molecule has 1 heterocycles. The number of rotatable bonds is 1. The fraction of sp³-hybridized carbons (Fsp3) is 0.250. The average molecular weight is 179 g/mol. The highest BCUT2D eigenvalue weighted by molar-refractivity contribution is 6.32. The van der Waals surface area contributed by atoms with Gasteiger partial charge in [-0.15, -0.1) is 10.2 Å². The molecule has 10 heavy (non-hydrogen) atoms. The van der Waals surface area contributed by atoms with Crippen LogP contribution in [0, 0.1) is 0 Å². The molecule has 0 saturated heterocycles. The number of nitrogens with zero attached hydrogens (tertiary/aromatic N) is 3. The zero-order valence-electron chi connectivity index (χ0n) is 5.10. The number of hydrogen-bond donors (Lipinski definition) is 1. The Morgan fingerprint density at radius 3 is 2.50 bits per heavy atom. The molecule has 0 aliphatic heterocycles. The Kier molecular flexibility index (Phi) is 2.24. The van der Waals surface area contributed by atoms with E-state index in [2.05, 4.69) is 20.5 Å². The van der Waals surface area contributed by atoms with E-state index in [4.69, 9.17) is 23.2 Å². The predicted molar refractivity (Wildman–Crippen MR) is 39.4 cm³/mol. The number of nitrogens with one attached hydrogen (secondary N) is 1. The fourth-order valence-electron chi connectivity index (χ4n) is 0.452. The molecule has 4 nitrogen and oxygen atoms in total. The van der Waals surface area contributed by atoms with Gasteiger partial charge in [-0.05, 0) is 11.6 Å². The van der Waals surface area contributed by atoms with Crippen LogP contribution >= 0.6 is 23.2 Å². The topological polar surface area (TPSA) is 50.7 Å². The van der Waals surface area contributed by atoms with Crippen LogP contribution in [0.4, 0.5) is 5.82 Å². The van der Waals surface area contributed by atoms with Gasteiger partial charge in [0, 0.05) is 7.05 Å². The highest BCUT2D eigenvalue weighted by atomic mass is 35.5. The molecule has 0 fully saturated rings. The molecule has 0 aliphatic carbocycles. The van der Waals surface area contributed by atoms with E-state index in [-0.39, 0.29) is 10.4 Å². The smallest absolute Gasteiger partial charge is 0.245 e.